The highest BCUT2D eigenvalue weighted by molar-refractivity contribution is 5.66. The molecule has 1 saturated heterocycles. The van der Waals surface area contributed by atoms with Crippen molar-refractivity contribution >= 4 is 5.70 Å². The molecule has 1 fully saturated rings. The molecule has 1 heterocycles. The van der Waals surface area contributed by atoms with Gasteiger partial charge < -0.3 is 4.90 Å². The Labute approximate surface area is 132 Å². The topological polar surface area (TPSA) is 24.5 Å². The van der Waals surface area contributed by atoms with E-state index in [1.54, 1.807) is 0 Å². The number of likely N-dealkylation sites (tertiary alicyclic amines) is 1. The molecular weight excluding hydrogens is 272 g/mol. The molecule has 0 aromatic heterocycles. The third kappa shape index (κ3) is 3.49. The van der Waals surface area contributed by atoms with Gasteiger partial charge in [-0.15, -0.1) is 0 Å². The van der Waals surface area contributed by atoms with Gasteiger partial charge in [0.15, 0.2) is 0 Å². The summed E-state index contributed by atoms with van der Waals surface area (Å²) in [6, 6.07) is 20.6. The summed E-state index contributed by atoms with van der Waals surface area (Å²) in [7, 11) is 2.14. The molecule has 0 spiro atoms. The summed E-state index contributed by atoms with van der Waals surface area (Å²) in [4.78, 5) is 8.07. The third-order valence-electron chi connectivity index (χ3n) is 3.97. The minimum Gasteiger partial charge on any atom is -0.376 e. The second-order valence-electron chi connectivity index (χ2n) is 5.59. The molecule has 1 aliphatic heterocycles. The average Bonchev–Trinajstić information content (AvgIpc) is 2.99. The lowest BCUT2D eigenvalue weighted by Gasteiger charge is -2.20. The van der Waals surface area contributed by atoms with Gasteiger partial charge in [0.05, 0.1) is 12.3 Å². The molecule has 1 aliphatic rings. The first kappa shape index (κ1) is 14.7. The van der Waals surface area contributed by atoms with Gasteiger partial charge in [0.1, 0.15) is 0 Å². The van der Waals surface area contributed by atoms with E-state index in [-0.39, 0.29) is 0 Å². The fourth-order valence-corrected chi connectivity index (χ4v) is 2.78. The van der Waals surface area contributed by atoms with Gasteiger partial charge in [0.25, 0.3) is 0 Å². The smallest absolute Gasteiger partial charge is 0.0996 e. The molecule has 3 rings (SSSR count). The van der Waals surface area contributed by atoms with Crippen molar-refractivity contribution in [3.63, 3.8) is 0 Å². The summed E-state index contributed by atoms with van der Waals surface area (Å²) < 4.78 is 0. The first-order chi connectivity index (χ1) is 10.8. The van der Waals surface area contributed by atoms with Crippen molar-refractivity contribution < 1.29 is 4.84 Å². The van der Waals surface area contributed by atoms with Crippen LogP contribution in [0.1, 0.15) is 24.0 Å². The van der Waals surface area contributed by atoms with Crippen LogP contribution >= 0.6 is 0 Å². The van der Waals surface area contributed by atoms with Crippen LogP contribution in [0.15, 0.2) is 66.4 Å². The molecule has 0 radical (unpaired) electrons. The molecule has 3 nitrogen and oxygen atoms in total. The van der Waals surface area contributed by atoms with Crippen LogP contribution in [0.4, 0.5) is 0 Å². The van der Waals surface area contributed by atoms with Gasteiger partial charge >= 0.3 is 0 Å². The Morgan fingerprint density at radius 3 is 2.36 bits per heavy atom. The second kappa shape index (κ2) is 7.14. The zero-order valence-electron chi connectivity index (χ0n) is 13.0. The predicted octanol–water partition coefficient (Wildman–Crippen LogP) is 3.80. The molecule has 0 saturated carbocycles. The van der Waals surface area contributed by atoms with E-state index in [2.05, 4.69) is 53.8 Å². The zero-order valence-corrected chi connectivity index (χ0v) is 13.0. The lowest BCUT2D eigenvalue weighted by Crippen LogP contribution is -2.20. The van der Waals surface area contributed by atoms with Crippen molar-refractivity contribution in [2.45, 2.75) is 19.4 Å². The molecular formula is C19H22N2O. The van der Waals surface area contributed by atoms with Crippen LogP contribution in [-0.2, 0) is 11.4 Å². The Morgan fingerprint density at radius 1 is 1.05 bits per heavy atom. The summed E-state index contributed by atoms with van der Waals surface area (Å²) in [5.41, 5.74) is 7.92. The third-order valence-corrected chi connectivity index (χ3v) is 3.97. The summed E-state index contributed by atoms with van der Waals surface area (Å²) in [6.07, 6.45) is 2.28. The first-order valence-corrected chi connectivity index (χ1v) is 7.76. The fourth-order valence-electron chi connectivity index (χ4n) is 2.78. The molecule has 0 unspecified atom stereocenters. The number of benzene rings is 2. The minimum atomic E-state index is 0.550. The lowest BCUT2D eigenvalue weighted by atomic mass is 10.1. The summed E-state index contributed by atoms with van der Waals surface area (Å²) in [5, 5.41) is 0. The highest BCUT2D eigenvalue weighted by Gasteiger charge is 2.18. The van der Waals surface area contributed by atoms with E-state index in [4.69, 9.17) is 4.84 Å². The maximum atomic E-state index is 5.76. The monoisotopic (exact) mass is 294 g/mol. The molecule has 22 heavy (non-hydrogen) atoms. The quantitative estimate of drug-likeness (QED) is 0.849. The van der Waals surface area contributed by atoms with Crippen LogP contribution in [0.5, 0.6) is 0 Å². The van der Waals surface area contributed by atoms with Crippen LogP contribution in [0.2, 0.25) is 0 Å². The largest absolute Gasteiger partial charge is 0.376 e. The summed E-state index contributed by atoms with van der Waals surface area (Å²) >= 11 is 0. The van der Waals surface area contributed by atoms with Crippen molar-refractivity contribution in [3.05, 3.63) is 77.5 Å². The second-order valence-corrected chi connectivity index (χ2v) is 5.59. The summed E-state index contributed by atoms with van der Waals surface area (Å²) in [6.45, 7) is 1.65. The zero-order chi connectivity index (χ0) is 15.2. The van der Waals surface area contributed by atoms with Gasteiger partial charge in [-0.25, -0.2) is 0 Å². The number of nitrogens with one attached hydrogen (secondary N) is 1. The van der Waals surface area contributed by atoms with Crippen LogP contribution in [0.3, 0.4) is 0 Å². The Bertz CT molecular complexity index is 622. The highest BCUT2D eigenvalue weighted by Crippen LogP contribution is 2.27. The first-order valence-electron chi connectivity index (χ1n) is 7.76. The number of hydrogen-bond acceptors (Lipinski definition) is 3. The molecule has 0 atom stereocenters. The van der Waals surface area contributed by atoms with E-state index in [0.717, 1.165) is 24.2 Å². The molecule has 0 bridgehead atoms. The number of hydrogen-bond donors (Lipinski definition) is 1. The molecule has 0 amide bonds. The lowest BCUT2D eigenvalue weighted by molar-refractivity contribution is 0.0635. The fraction of sp³-hybridized carbons (Fsp3) is 0.263. The number of hydroxylamine groups is 1. The van der Waals surface area contributed by atoms with E-state index in [9.17, 15) is 0 Å². The molecule has 2 aromatic carbocycles. The van der Waals surface area contributed by atoms with Crippen LogP contribution in [0, 0.1) is 0 Å². The van der Waals surface area contributed by atoms with E-state index < -0.39 is 0 Å². The van der Waals surface area contributed by atoms with Gasteiger partial charge in [-0.2, -0.15) is 0 Å². The number of allylic oxidation sites excluding steroid dienone is 1. The summed E-state index contributed by atoms with van der Waals surface area (Å²) in [5.74, 6) is 0. The standard InChI is InChI=1S/C19H22N2O/c1-21-14-8-13-18(21)19(17-11-6-3-7-12-17)20-22-15-16-9-4-2-5-10-16/h2-7,9-12,20H,8,13-15H2,1H3. The van der Waals surface area contributed by atoms with Gasteiger partial charge in [0.2, 0.25) is 0 Å². The molecule has 0 aliphatic carbocycles. The van der Waals surface area contributed by atoms with E-state index in [1.807, 2.05) is 24.3 Å². The van der Waals surface area contributed by atoms with E-state index in [0.29, 0.717) is 6.61 Å². The van der Waals surface area contributed by atoms with E-state index >= 15 is 0 Å². The van der Waals surface area contributed by atoms with Crippen molar-refractivity contribution in [2.75, 3.05) is 13.6 Å². The molecule has 3 heteroatoms. The highest BCUT2D eigenvalue weighted by atomic mass is 16.6. The van der Waals surface area contributed by atoms with Crippen LogP contribution < -0.4 is 5.48 Å². The minimum absolute atomic E-state index is 0.550. The average molecular weight is 294 g/mol. The predicted molar refractivity (Wildman–Crippen MR) is 89.6 cm³/mol. The Hall–Kier alpha value is -2.26. The van der Waals surface area contributed by atoms with Gasteiger partial charge in [0, 0.05) is 24.9 Å². The molecule has 2 aromatic rings. The number of nitrogens with zero attached hydrogens (tertiary/aromatic N) is 1. The van der Waals surface area contributed by atoms with Crippen LogP contribution in [-0.4, -0.2) is 18.5 Å². The van der Waals surface area contributed by atoms with Gasteiger partial charge in [-0.1, -0.05) is 60.7 Å². The normalized spacial score (nSPS) is 16.7. The van der Waals surface area contributed by atoms with Crippen molar-refractivity contribution in [1.29, 1.82) is 0 Å². The maximum Gasteiger partial charge on any atom is 0.0996 e. The molecule has 114 valence electrons. The Morgan fingerprint density at radius 2 is 1.73 bits per heavy atom. The van der Waals surface area contributed by atoms with Crippen molar-refractivity contribution in [1.82, 2.24) is 10.4 Å². The van der Waals surface area contributed by atoms with Crippen molar-refractivity contribution in [2.24, 2.45) is 0 Å². The SMILES string of the molecule is CN1CCCC1=C(NOCc1ccccc1)c1ccccc1. The van der Waals surface area contributed by atoms with Crippen LogP contribution in [0.25, 0.3) is 5.70 Å². The molecule has 1 N–H and O–H groups in total. The van der Waals surface area contributed by atoms with Gasteiger partial charge in [-0.3, -0.25) is 10.3 Å². The Kier molecular flexibility index (Phi) is 4.76. The number of rotatable bonds is 5. The Balaban J connectivity index is 1.75. The van der Waals surface area contributed by atoms with E-state index in [1.165, 1.54) is 17.7 Å². The van der Waals surface area contributed by atoms with Gasteiger partial charge in [-0.05, 0) is 18.4 Å². The van der Waals surface area contributed by atoms with Crippen molar-refractivity contribution in [3.8, 4) is 0 Å². The maximum absolute atomic E-state index is 5.76.